The SMILES string of the molecule is O=C(NCC(F)(F)F)NC1CC(C2=CB(O)Oc3cnc4[nH]ccc4c32)C1. The number of H-pyrrole nitrogens is 1. The van der Waals surface area contributed by atoms with Crippen molar-refractivity contribution in [3.8, 4) is 5.75 Å². The molecule has 4 rings (SSSR count). The van der Waals surface area contributed by atoms with Gasteiger partial charge in [0, 0.05) is 23.2 Å². The van der Waals surface area contributed by atoms with Crippen molar-refractivity contribution in [1.29, 1.82) is 0 Å². The molecule has 0 spiro atoms. The molecular formula is C16H16BF3N4O3. The van der Waals surface area contributed by atoms with E-state index in [-0.39, 0.29) is 12.0 Å². The second-order valence-corrected chi connectivity index (χ2v) is 6.68. The second kappa shape index (κ2) is 6.48. The molecule has 3 heterocycles. The summed E-state index contributed by atoms with van der Waals surface area (Å²) in [5.74, 6) is 2.15. The highest BCUT2D eigenvalue weighted by Gasteiger charge is 2.38. The number of aromatic amines is 1. The average molecular weight is 380 g/mol. The van der Waals surface area contributed by atoms with Gasteiger partial charge in [-0.05, 0) is 36.4 Å². The molecule has 2 aromatic rings. The number of carbonyl (C=O) groups is 1. The Morgan fingerprint density at radius 3 is 2.96 bits per heavy atom. The first kappa shape index (κ1) is 17.7. The molecule has 0 unspecified atom stereocenters. The fourth-order valence-corrected chi connectivity index (χ4v) is 3.52. The molecule has 142 valence electrons. The zero-order valence-electron chi connectivity index (χ0n) is 14.0. The van der Waals surface area contributed by atoms with E-state index >= 15 is 0 Å². The quantitative estimate of drug-likeness (QED) is 0.612. The first-order valence-corrected chi connectivity index (χ1v) is 8.44. The first-order chi connectivity index (χ1) is 12.8. The number of carbonyl (C=O) groups excluding carboxylic acids is 1. The molecule has 0 aromatic carbocycles. The molecule has 7 nitrogen and oxygen atoms in total. The van der Waals surface area contributed by atoms with Gasteiger partial charge in [0.15, 0.2) is 0 Å². The molecule has 0 radical (unpaired) electrons. The summed E-state index contributed by atoms with van der Waals surface area (Å²) in [6, 6.07) is 0.806. The highest BCUT2D eigenvalue weighted by Crippen LogP contribution is 2.45. The summed E-state index contributed by atoms with van der Waals surface area (Å²) in [4.78, 5) is 18.8. The van der Waals surface area contributed by atoms with Crippen molar-refractivity contribution in [2.75, 3.05) is 6.54 Å². The predicted molar refractivity (Wildman–Crippen MR) is 91.8 cm³/mol. The number of urea groups is 1. The number of aromatic nitrogens is 2. The van der Waals surface area contributed by atoms with Crippen LogP contribution < -0.4 is 15.3 Å². The van der Waals surface area contributed by atoms with Gasteiger partial charge in [-0.2, -0.15) is 13.2 Å². The van der Waals surface area contributed by atoms with E-state index in [1.165, 1.54) is 0 Å². The van der Waals surface area contributed by atoms with E-state index in [1.54, 1.807) is 23.7 Å². The Hall–Kier alpha value is -2.69. The third-order valence-electron chi connectivity index (χ3n) is 4.77. The maximum atomic E-state index is 12.1. The summed E-state index contributed by atoms with van der Waals surface area (Å²) in [5.41, 5.74) is 2.43. The number of pyridine rings is 1. The number of rotatable bonds is 3. The number of halogens is 3. The fourth-order valence-electron chi connectivity index (χ4n) is 3.52. The minimum Gasteiger partial charge on any atom is -0.531 e. The summed E-state index contributed by atoms with van der Waals surface area (Å²) in [5, 5.41) is 15.2. The lowest BCUT2D eigenvalue weighted by Crippen LogP contribution is -2.50. The van der Waals surface area contributed by atoms with E-state index in [9.17, 15) is 23.0 Å². The maximum absolute atomic E-state index is 12.1. The molecule has 1 aliphatic heterocycles. The highest BCUT2D eigenvalue weighted by atomic mass is 19.4. The van der Waals surface area contributed by atoms with E-state index in [0.29, 0.717) is 24.2 Å². The van der Waals surface area contributed by atoms with Gasteiger partial charge in [-0.3, -0.25) is 0 Å². The molecule has 1 aliphatic carbocycles. The molecule has 0 bridgehead atoms. The third kappa shape index (κ3) is 3.59. The van der Waals surface area contributed by atoms with Crippen molar-refractivity contribution in [3.63, 3.8) is 0 Å². The summed E-state index contributed by atoms with van der Waals surface area (Å²) < 4.78 is 41.8. The van der Waals surface area contributed by atoms with E-state index in [2.05, 4.69) is 15.3 Å². The standard InChI is InChI=1S/C16H16BF3N4O3/c18-16(19,20)7-23-15(25)24-9-3-8(4-9)11-5-17(26)27-12-6-22-14-10(13(11)12)1-2-21-14/h1-2,5-6,8-9,26H,3-4,7H2,(H,21,22)(H2,23,24,25). The average Bonchev–Trinajstić information content (AvgIpc) is 3.03. The second-order valence-electron chi connectivity index (χ2n) is 6.68. The Kier molecular flexibility index (Phi) is 4.25. The minimum absolute atomic E-state index is 0.0516. The number of allylic oxidation sites excluding steroid dienone is 1. The zero-order valence-corrected chi connectivity index (χ0v) is 14.0. The zero-order chi connectivity index (χ0) is 19.2. The normalized spacial score (nSPS) is 21.8. The predicted octanol–water partition coefficient (Wildman–Crippen LogP) is 2.00. The van der Waals surface area contributed by atoms with Crippen molar-refractivity contribution < 1.29 is 27.6 Å². The molecule has 27 heavy (non-hydrogen) atoms. The van der Waals surface area contributed by atoms with Gasteiger partial charge in [-0.15, -0.1) is 0 Å². The van der Waals surface area contributed by atoms with Crippen LogP contribution in [0.4, 0.5) is 18.0 Å². The number of hydrogen-bond acceptors (Lipinski definition) is 4. The van der Waals surface area contributed by atoms with Gasteiger partial charge >= 0.3 is 19.3 Å². The molecule has 0 saturated heterocycles. The van der Waals surface area contributed by atoms with Gasteiger partial charge in [0.25, 0.3) is 0 Å². The van der Waals surface area contributed by atoms with Crippen molar-refractivity contribution >= 4 is 29.8 Å². The van der Waals surface area contributed by atoms with Crippen LogP contribution in [0.5, 0.6) is 5.75 Å². The molecule has 4 N–H and O–H groups in total. The molecule has 1 saturated carbocycles. The van der Waals surface area contributed by atoms with Crippen LogP contribution in [-0.2, 0) is 0 Å². The topological polar surface area (TPSA) is 99.3 Å². The van der Waals surface area contributed by atoms with Gasteiger partial charge < -0.3 is 25.3 Å². The lowest BCUT2D eigenvalue weighted by molar-refractivity contribution is -0.122. The largest absolute Gasteiger partial charge is 0.552 e. The van der Waals surface area contributed by atoms with Gasteiger partial charge in [-0.1, -0.05) is 0 Å². The van der Waals surface area contributed by atoms with Crippen LogP contribution in [0.25, 0.3) is 16.6 Å². The van der Waals surface area contributed by atoms with Crippen molar-refractivity contribution in [3.05, 3.63) is 30.0 Å². The highest BCUT2D eigenvalue weighted by molar-refractivity contribution is 6.52. The molecule has 2 aromatic heterocycles. The Morgan fingerprint density at radius 1 is 1.44 bits per heavy atom. The molecule has 2 amide bonds. The van der Waals surface area contributed by atoms with Crippen molar-refractivity contribution in [1.82, 2.24) is 20.6 Å². The smallest absolute Gasteiger partial charge is 0.531 e. The van der Waals surface area contributed by atoms with E-state index < -0.39 is 25.9 Å². The van der Waals surface area contributed by atoms with Gasteiger partial charge in [0.2, 0.25) is 0 Å². The summed E-state index contributed by atoms with van der Waals surface area (Å²) >= 11 is 0. The number of alkyl halides is 3. The third-order valence-corrected chi connectivity index (χ3v) is 4.77. The Bertz CT molecular complexity index is 908. The van der Waals surface area contributed by atoms with Gasteiger partial charge in [0.1, 0.15) is 17.9 Å². The van der Waals surface area contributed by atoms with Crippen LogP contribution >= 0.6 is 0 Å². The van der Waals surface area contributed by atoms with E-state index in [0.717, 1.165) is 16.5 Å². The van der Waals surface area contributed by atoms with Crippen LogP contribution in [0.1, 0.15) is 18.4 Å². The number of nitrogens with zero attached hydrogens (tertiary/aromatic N) is 1. The maximum Gasteiger partial charge on any atom is 0.552 e. The van der Waals surface area contributed by atoms with E-state index in [4.69, 9.17) is 4.65 Å². The van der Waals surface area contributed by atoms with Crippen molar-refractivity contribution in [2.45, 2.75) is 25.1 Å². The molecule has 2 aliphatic rings. The minimum atomic E-state index is -4.44. The molecule has 1 fully saturated rings. The molecule has 11 heteroatoms. The number of amides is 2. The van der Waals surface area contributed by atoms with Crippen LogP contribution in [0.3, 0.4) is 0 Å². The number of fused-ring (bicyclic) bond motifs is 3. The van der Waals surface area contributed by atoms with Gasteiger partial charge in [-0.25, -0.2) is 9.78 Å². The van der Waals surface area contributed by atoms with Crippen LogP contribution in [-0.4, -0.2) is 46.9 Å². The summed E-state index contributed by atoms with van der Waals surface area (Å²) in [6.07, 6.45) is -0.0142. The molecule has 0 atom stereocenters. The Labute approximate surface area is 152 Å². The van der Waals surface area contributed by atoms with Crippen LogP contribution in [0.15, 0.2) is 24.4 Å². The Balaban J connectivity index is 1.44. The fraction of sp³-hybridized carbons (Fsp3) is 0.375. The Morgan fingerprint density at radius 2 is 2.22 bits per heavy atom. The van der Waals surface area contributed by atoms with E-state index in [1.807, 2.05) is 6.07 Å². The van der Waals surface area contributed by atoms with Gasteiger partial charge in [0.05, 0.1) is 6.20 Å². The number of nitrogens with one attached hydrogen (secondary N) is 3. The number of hydrogen-bond donors (Lipinski definition) is 4. The lowest BCUT2D eigenvalue weighted by atomic mass is 9.68. The lowest BCUT2D eigenvalue weighted by Gasteiger charge is -2.39. The monoisotopic (exact) mass is 380 g/mol. The van der Waals surface area contributed by atoms with Crippen LogP contribution in [0, 0.1) is 5.92 Å². The van der Waals surface area contributed by atoms with Crippen LogP contribution in [0.2, 0.25) is 0 Å². The van der Waals surface area contributed by atoms with Crippen molar-refractivity contribution in [2.24, 2.45) is 5.92 Å². The first-order valence-electron chi connectivity index (χ1n) is 8.44. The summed E-state index contributed by atoms with van der Waals surface area (Å²) in [6.45, 7) is -1.37. The molecular weight excluding hydrogens is 364 g/mol. The summed E-state index contributed by atoms with van der Waals surface area (Å²) in [7, 11) is -1.09.